The van der Waals surface area contributed by atoms with Crippen LogP contribution in [-0.2, 0) is 0 Å². The van der Waals surface area contributed by atoms with Gasteiger partial charge in [-0.3, -0.25) is 0 Å². The molecule has 0 saturated carbocycles. The Morgan fingerprint density at radius 1 is 0.696 bits per heavy atom. The number of hydrogen-bond donors (Lipinski definition) is 4. The fourth-order valence-electron chi connectivity index (χ4n) is 4.76. The monoisotopic (exact) mass is 341 g/mol. The Morgan fingerprint density at radius 2 is 1.00 bits per heavy atom. The zero-order chi connectivity index (χ0) is 16.4. The van der Waals surface area contributed by atoms with E-state index in [0.29, 0.717) is 17.0 Å². The Balaban J connectivity index is 1.93. The Kier molecular flexibility index (Phi) is 5.75. The average molecular weight is 342 g/mol. The minimum atomic E-state index is -2.15. The summed E-state index contributed by atoms with van der Waals surface area (Å²) < 4.78 is 0. The van der Waals surface area contributed by atoms with Crippen LogP contribution in [0.4, 0.5) is 0 Å². The fraction of sp³-hybridized carbons (Fsp3) is 1.00. The zero-order valence-electron chi connectivity index (χ0n) is 15.0. The number of rotatable bonds is 3. The topological polar surface area (TPSA) is 71.8 Å². The second-order valence-electron chi connectivity index (χ2n) is 7.60. The van der Waals surface area contributed by atoms with Gasteiger partial charge in [-0.2, -0.15) is 0 Å². The quantitative estimate of drug-likeness (QED) is 0.414. The van der Waals surface area contributed by atoms with Crippen molar-refractivity contribution in [1.82, 2.24) is 30.7 Å². The van der Waals surface area contributed by atoms with E-state index in [-0.39, 0.29) is 0 Å². The van der Waals surface area contributed by atoms with Gasteiger partial charge in [0.1, 0.15) is 0 Å². The second kappa shape index (κ2) is 7.45. The van der Waals surface area contributed by atoms with Crippen LogP contribution in [0.25, 0.3) is 0 Å². The van der Waals surface area contributed by atoms with Gasteiger partial charge in [0.2, 0.25) is 0 Å². The van der Waals surface area contributed by atoms with Crippen molar-refractivity contribution in [1.29, 1.82) is 0 Å². The van der Waals surface area contributed by atoms with Crippen LogP contribution in [0.5, 0.6) is 0 Å². The largest absolute Gasteiger partial charge is 0.348 e. The number of nitrogens with one attached hydrogen (secondary N) is 3. The lowest BCUT2D eigenvalue weighted by Gasteiger charge is -2.56. The lowest BCUT2D eigenvalue weighted by molar-refractivity contribution is 0.183. The molecule has 0 radical (unpaired) electrons. The van der Waals surface area contributed by atoms with Crippen molar-refractivity contribution in [2.75, 3.05) is 80.0 Å². The molecule has 0 amide bonds. The summed E-state index contributed by atoms with van der Waals surface area (Å²) in [6.07, 6.45) is 0. The molecule has 3 unspecified atom stereocenters. The van der Waals surface area contributed by atoms with Crippen LogP contribution in [0.15, 0.2) is 0 Å². The van der Waals surface area contributed by atoms with Crippen LogP contribution >= 0.6 is 0 Å². The molecule has 3 saturated heterocycles. The normalized spacial score (nSPS) is 38.3. The van der Waals surface area contributed by atoms with Crippen molar-refractivity contribution in [2.45, 2.75) is 17.0 Å². The SMILES string of the molecule is CN1CCNCC1[Si](N)(C1CNCCN1C)C1CNCCN1C. The predicted molar refractivity (Wildman–Crippen MR) is 97.8 cm³/mol. The van der Waals surface area contributed by atoms with Gasteiger partial charge in [0.05, 0.1) is 0 Å². The third-order valence-corrected chi connectivity index (χ3v) is 11.7. The highest BCUT2D eigenvalue weighted by Gasteiger charge is 2.55. The predicted octanol–water partition coefficient (Wildman–Crippen LogP) is -2.78. The first kappa shape index (κ1) is 17.8. The number of nitrogens with zero attached hydrogens (tertiary/aromatic N) is 3. The van der Waals surface area contributed by atoms with Crippen molar-refractivity contribution in [3.63, 3.8) is 0 Å². The van der Waals surface area contributed by atoms with Crippen molar-refractivity contribution < 1.29 is 0 Å². The van der Waals surface area contributed by atoms with Gasteiger partial charge in [-0.05, 0) is 21.1 Å². The van der Waals surface area contributed by atoms with E-state index < -0.39 is 8.24 Å². The van der Waals surface area contributed by atoms with E-state index in [1.54, 1.807) is 0 Å². The molecule has 3 atom stereocenters. The molecule has 3 aliphatic heterocycles. The molecular formula is C15H35N7Si. The van der Waals surface area contributed by atoms with E-state index in [1.807, 2.05) is 0 Å². The van der Waals surface area contributed by atoms with Gasteiger partial charge in [-0.25, -0.2) is 0 Å². The third-order valence-electron chi connectivity index (χ3n) is 6.26. The number of nitrogens with two attached hydrogens (primary N) is 1. The summed E-state index contributed by atoms with van der Waals surface area (Å²) in [6, 6.07) is 0. The molecule has 0 aliphatic carbocycles. The van der Waals surface area contributed by atoms with Gasteiger partial charge < -0.3 is 36.0 Å². The van der Waals surface area contributed by atoms with Crippen molar-refractivity contribution >= 4 is 8.24 Å². The average Bonchev–Trinajstić information content (AvgIpc) is 2.55. The highest BCUT2D eigenvalue weighted by Crippen LogP contribution is 2.25. The molecule has 3 fully saturated rings. The van der Waals surface area contributed by atoms with E-state index in [1.165, 1.54) is 0 Å². The van der Waals surface area contributed by atoms with Crippen molar-refractivity contribution in [3.05, 3.63) is 0 Å². The smallest absolute Gasteiger partial charge is 0.178 e. The first-order valence-corrected chi connectivity index (χ1v) is 11.4. The van der Waals surface area contributed by atoms with Gasteiger partial charge in [-0.15, -0.1) is 0 Å². The molecule has 23 heavy (non-hydrogen) atoms. The summed E-state index contributed by atoms with van der Waals surface area (Å²) in [5.41, 5.74) is 1.45. The number of likely N-dealkylation sites (N-methyl/N-ethyl adjacent to an activating group) is 3. The molecule has 8 heteroatoms. The Bertz CT molecular complexity index is 341. The van der Waals surface area contributed by atoms with Gasteiger partial charge in [0.25, 0.3) is 0 Å². The molecule has 0 aromatic rings. The maximum absolute atomic E-state index is 7.49. The van der Waals surface area contributed by atoms with Crippen LogP contribution in [0.1, 0.15) is 0 Å². The summed E-state index contributed by atoms with van der Waals surface area (Å²) >= 11 is 0. The van der Waals surface area contributed by atoms with Gasteiger partial charge in [-0.1, -0.05) is 0 Å². The molecule has 3 heterocycles. The molecule has 0 spiro atoms. The summed E-state index contributed by atoms with van der Waals surface area (Å²) in [5, 5.41) is 18.3. The highest BCUT2D eigenvalue weighted by molar-refractivity contribution is 6.81. The Hall–Kier alpha value is -0.0631. The van der Waals surface area contributed by atoms with E-state index in [4.69, 9.17) is 5.40 Å². The van der Waals surface area contributed by atoms with Gasteiger partial charge in [0, 0.05) is 75.9 Å². The molecule has 0 aromatic heterocycles. The van der Waals surface area contributed by atoms with Crippen molar-refractivity contribution in [3.8, 4) is 0 Å². The van der Waals surface area contributed by atoms with Crippen LogP contribution in [-0.4, -0.2) is 120 Å². The first-order chi connectivity index (χ1) is 11.0. The zero-order valence-corrected chi connectivity index (χ0v) is 16.0. The van der Waals surface area contributed by atoms with Crippen LogP contribution < -0.4 is 21.3 Å². The van der Waals surface area contributed by atoms with Crippen molar-refractivity contribution in [2.24, 2.45) is 5.40 Å². The molecule has 134 valence electrons. The summed E-state index contributed by atoms with van der Waals surface area (Å²) in [7, 11) is 4.67. The molecule has 0 bridgehead atoms. The minimum absolute atomic E-state index is 0.482. The van der Waals surface area contributed by atoms with E-state index in [0.717, 1.165) is 58.9 Å². The van der Waals surface area contributed by atoms with E-state index in [9.17, 15) is 0 Å². The number of piperazine rings is 3. The van der Waals surface area contributed by atoms with Gasteiger partial charge in [0.15, 0.2) is 8.24 Å². The molecule has 3 aliphatic rings. The Labute approximate surface area is 142 Å². The third kappa shape index (κ3) is 3.36. The fourth-order valence-corrected chi connectivity index (χ4v) is 10.3. The minimum Gasteiger partial charge on any atom is -0.348 e. The Morgan fingerprint density at radius 3 is 1.26 bits per heavy atom. The summed E-state index contributed by atoms with van der Waals surface area (Å²) in [6.45, 7) is 9.65. The molecule has 5 N–H and O–H groups in total. The van der Waals surface area contributed by atoms with Crippen LogP contribution in [0.2, 0.25) is 0 Å². The standard InChI is InChI=1S/C15H35N7Si/c1-20-7-4-17-10-13(20)23(16,14-11-18-5-8-21(14)2)15-12-19-6-9-22(15)3/h13-15,17-19H,4-12,16H2,1-3H3. The maximum atomic E-state index is 7.49. The second-order valence-corrected chi connectivity index (χ2v) is 11.6. The molecular weight excluding hydrogens is 306 g/mol. The lowest BCUT2D eigenvalue weighted by Crippen LogP contribution is -2.86. The maximum Gasteiger partial charge on any atom is 0.178 e. The van der Waals surface area contributed by atoms with E-state index >= 15 is 0 Å². The molecule has 0 aromatic carbocycles. The van der Waals surface area contributed by atoms with E-state index in [2.05, 4.69) is 51.8 Å². The summed E-state index contributed by atoms with van der Waals surface area (Å²) in [5.74, 6) is 0. The van der Waals surface area contributed by atoms with Gasteiger partial charge >= 0.3 is 0 Å². The first-order valence-electron chi connectivity index (χ1n) is 9.07. The van der Waals surface area contributed by atoms with Crippen LogP contribution in [0, 0.1) is 0 Å². The lowest BCUT2D eigenvalue weighted by atomic mass is 10.4. The molecule has 3 rings (SSSR count). The highest BCUT2D eigenvalue weighted by atomic mass is 28.3. The molecule has 7 nitrogen and oxygen atoms in total. The van der Waals surface area contributed by atoms with Crippen LogP contribution in [0.3, 0.4) is 0 Å². The summed E-state index contributed by atoms with van der Waals surface area (Å²) in [4.78, 5) is 7.61. The number of hydrogen-bond acceptors (Lipinski definition) is 7.